The van der Waals surface area contributed by atoms with Gasteiger partial charge in [-0.15, -0.1) is 0 Å². The highest BCUT2D eigenvalue weighted by atomic mass is 16.4. The van der Waals surface area contributed by atoms with Crippen molar-refractivity contribution in [1.82, 2.24) is 10.6 Å². The average molecular weight is 287 g/mol. The average Bonchev–Trinajstić information content (AvgIpc) is 2.32. The van der Waals surface area contributed by atoms with E-state index in [1.54, 1.807) is 0 Å². The predicted octanol–water partition coefficient (Wildman–Crippen LogP) is -0.808. The number of carboxylic acids is 1. The Labute approximate surface area is 118 Å². The van der Waals surface area contributed by atoms with Crippen molar-refractivity contribution in [1.29, 1.82) is 5.41 Å². The lowest BCUT2D eigenvalue weighted by atomic mass is 10.0. The SMILES string of the molecule is CC(C)C[C@H](NC(=O)[C@H](N)CCCNC(=N)N)C(=O)O. The summed E-state index contributed by atoms with van der Waals surface area (Å²) < 4.78 is 0. The van der Waals surface area contributed by atoms with Crippen LogP contribution in [0.2, 0.25) is 0 Å². The van der Waals surface area contributed by atoms with E-state index in [0.717, 1.165) is 0 Å². The van der Waals surface area contributed by atoms with E-state index in [4.69, 9.17) is 22.0 Å². The Kier molecular flexibility index (Phi) is 8.30. The van der Waals surface area contributed by atoms with Crippen LogP contribution in [0.5, 0.6) is 0 Å². The molecule has 0 aromatic rings. The molecule has 20 heavy (non-hydrogen) atoms. The lowest BCUT2D eigenvalue weighted by Crippen LogP contribution is -2.49. The van der Waals surface area contributed by atoms with Crippen LogP contribution in [0.3, 0.4) is 0 Å². The van der Waals surface area contributed by atoms with Gasteiger partial charge in [-0.05, 0) is 25.2 Å². The van der Waals surface area contributed by atoms with Gasteiger partial charge in [0.25, 0.3) is 0 Å². The van der Waals surface area contributed by atoms with E-state index >= 15 is 0 Å². The minimum absolute atomic E-state index is 0.133. The number of amides is 1. The summed E-state index contributed by atoms with van der Waals surface area (Å²) in [5.74, 6) is -1.50. The van der Waals surface area contributed by atoms with Gasteiger partial charge in [0.2, 0.25) is 5.91 Å². The zero-order chi connectivity index (χ0) is 15.7. The first-order chi connectivity index (χ1) is 9.23. The van der Waals surface area contributed by atoms with Crippen molar-refractivity contribution in [2.75, 3.05) is 6.54 Å². The second-order valence-corrected chi connectivity index (χ2v) is 5.12. The number of hydrogen-bond acceptors (Lipinski definition) is 4. The topological polar surface area (TPSA) is 154 Å². The highest BCUT2D eigenvalue weighted by Gasteiger charge is 2.23. The van der Waals surface area contributed by atoms with Crippen molar-refractivity contribution in [3.8, 4) is 0 Å². The molecule has 0 saturated carbocycles. The molecule has 2 atom stereocenters. The molecule has 0 rings (SSSR count). The smallest absolute Gasteiger partial charge is 0.326 e. The largest absolute Gasteiger partial charge is 0.480 e. The number of carbonyl (C=O) groups is 2. The predicted molar refractivity (Wildman–Crippen MR) is 76.1 cm³/mol. The number of aliphatic carboxylic acids is 1. The first-order valence-corrected chi connectivity index (χ1v) is 6.60. The molecule has 0 heterocycles. The molecule has 0 aromatic carbocycles. The van der Waals surface area contributed by atoms with Gasteiger partial charge >= 0.3 is 5.97 Å². The molecule has 0 radical (unpaired) electrons. The van der Waals surface area contributed by atoms with Crippen LogP contribution in [0.15, 0.2) is 0 Å². The van der Waals surface area contributed by atoms with E-state index in [1.165, 1.54) is 0 Å². The molecular weight excluding hydrogens is 262 g/mol. The first-order valence-electron chi connectivity index (χ1n) is 6.60. The van der Waals surface area contributed by atoms with Gasteiger partial charge in [0.15, 0.2) is 5.96 Å². The summed E-state index contributed by atoms with van der Waals surface area (Å²) in [6, 6.07) is -1.68. The maximum atomic E-state index is 11.8. The summed E-state index contributed by atoms with van der Waals surface area (Å²) >= 11 is 0. The monoisotopic (exact) mass is 287 g/mol. The summed E-state index contributed by atoms with van der Waals surface area (Å²) in [4.78, 5) is 22.8. The van der Waals surface area contributed by atoms with E-state index < -0.39 is 24.0 Å². The molecule has 8 N–H and O–H groups in total. The summed E-state index contributed by atoms with van der Waals surface area (Å²) in [5.41, 5.74) is 10.8. The number of carboxylic acid groups (broad SMARTS) is 1. The highest BCUT2D eigenvalue weighted by molar-refractivity contribution is 5.86. The van der Waals surface area contributed by atoms with Gasteiger partial charge in [-0.25, -0.2) is 4.79 Å². The normalized spacial score (nSPS) is 13.6. The summed E-state index contributed by atoms with van der Waals surface area (Å²) in [6.45, 7) is 4.22. The van der Waals surface area contributed by atoms with Gasteiger partial charge in [0.05, 0.1) is 6.04 Å². The Morgan fingerprint density at radius 3 is 2.40 bits per heavy atom. The van der Waals surface area contributed by atoms with Crippen LogP contribution in [-0.2, 0) is 9.59 Å². The molecule has 116 valence electrons. The van der Waals surface area contributed by atoms with Crippen LogP contribution in [-0.4, -0.2) is 41.6 Å². The summed E-state index contributed by atoms with van der Waals surface area (Å²) in [6.07, 6.45) is 1.32. The number of guanidine groups is 1. The van der Waals surface area contributed by atoms with Crippen LogP contribution in [0, 0.1) is 11.3 Å². The Morgan fingerprint density at radius 1 is 1.35 bits per heavy atom. The molecular formula is C12H25N5O3. The molecule has 1 amide bonds. The van der Waals surface area contributed by atoms with Crippen molar-refractivity contribution >= 4 is 17.8 Å². The van der Waals surface area contributed by atoms with Gasteiger partial charge in [-0.1, -0.05) is 13.8 Å². The standard InChI is InChI=1S/C12H25N5O3/c1-7(2)6-9(11(19)20)17-10(18)8(13)4-3-5-16-12(14)15/h7-9H,3-6,13H2,1-2H3,(H,17,18)(H,19,20)(H4,14,15,16)/t8-,9+/m1/s1. The lowest BCUT2D eigenvalue weighted by Gasteiger charge is -2.19. The number of hydrogen-bond donors (Lipinski definition) is 6. The van der Waals surface area contributed by atoms with Crippen LogP contribution in [0.25, 0.3) is 0 Å². The molecule has 0 fully saturated rings. The molecule has 0 saturated heterocycles. The van der Waals surface area contributed by atoms with E-state index in [9.17, 15) is 9.59 Å². The van der Waals surface area contributed by atoms with Crippen molar-refractivity contribution in [2.24, 2.45) is 17.4 Å². The van der Waals surface area contributed by atoms with Crippen LogP contribution in [0.4, 0.5) is 0 Å². The van der Waals surface area contributed by atoms with E-state index in [0.29, 0.717) is 25.8 Å². The molecule has 0 aliphatic carbocycles. The fourth-order valence-corrected chi connectivity index (χ4v) is 1.65. The summed E-state index contributed by atoms with van der Waals surface area (Å²) in [5, 5.41) is 21.0. The maximum Gasteiger partial charge on any atom is 0.326 e. The molecule has 0 bridgehead atoms. The third-order valence-corrected chi connectivity index (χ3v) is 2.67. The van der Waals surface area contributed by atoms with Crippen LogP contribution in [0.1, 0.15) is 33.1 Å². The number of rotatable bonds is 9. The Morgan fingerprint density at radius 2 is 1.95 bits per heavy atom. The third-order valence-electron chi connectivity index (χ3n) is 2.67. The molecule has 0 aliphatic heterocycles. The Bertz CT molecular complexity index is 346. The minimum atomic E-state index is -1.06. The van der Waals surface area contributed by atoms with Crippen molar-refractivity contribution in [2.45, 2.75) is 45.2 Å². The lowest BCUT2D eigenvalue weighted by molar-refractivity contribution is -0.142. The molecule has 0 aromatic heterocycles. The van der Waals surface area contributed by atoms with Gasteiger partial charge in [0, 0.05) is 6.54 Å². The van der Waals surface area contributed by atoms with E-state index in [1.807, 2.05) is 13.8 Å². The number of carbonyl (C=O) groups excluding carboxylic acids is 1. The first kappa shape index (κ1) is 18.2. The van der Waals surface area contributed by atoms with E-state index in [-0.39, 0.29) is 11.9 Å². The Hall–Kier alpha value is -1.83. The van der Waals surface area contributed by atoms with Crippen molar-refractivity contribution < 1.29 is 14.7 Å². The second-order valence-electron chi connectivity index (χ2n) is 5.12. The van der Waals surface area contributed by atoms with Gasteiger partial charge in [-0.3, -0.25) is 10.2 Å². The quantitative estimate of drug-likeness (QED) is 0.185. The number of nitrogens with one attached hydrogen (secondary N) is 3. The fourth-order valence-electron chi connectivity index (χ4n) is 1.65. The molecule has 8 heteroatoms. The zero-order valence-corrected chi connectivity index (χ0v) is 12.0. The Balaban J connectivity index is 4.15. The molecule has 8 nitrogen and oxygen atoms in total. The van der Waals surface area contributed by atoms with Crippen LogP contribution >= 0.6 is 0 Å². The molecule has 0 aliphatic rings. The van der Waals surface area contributed by atoms with Crippen molar-refractivity contribution in [3.05, 3.63) is 0 Å². The number of nitrogens with two attached hydrogens (primary N) is 2. The fraction of sp³-hybridized carbons (Fsp3) is 0.750. The van der Waals surface area contributed by atoms with Gasteiger partial charge in [0.1, 0.15) is 6.04 Å². The zero-order valence-electron chi connectivity index (χ0n) is 12.0. The third kappa shape index (κ3) is 8.30. The second kappa shape index (κ2) is 9.13. The van der Waals surface area contributed by atoms with Crippen molar-refractivity contribution in [3.63, 3.8) is 0 Å². The highest BCUT2D eigenvalue weighted by Crippen LogP contribution is 2.05. The minimum Gasteiger partial charge on any atom is -0.480 e. The van der Waals surface area contributed by atoms with Gasteiger partial charge < -0.3 is 27.2 Å². The molecule has 0 spiro atoms. The summed E-state index contributed by atoms with van der Waals surface area (Å²) in [7, 11) is 0. The van der Waals surface area contributed by atoms with Gasteiger partial charge in [-0.2, -0.15) is 0 Å². The van der Waals surface area contributed by atoms with E-state index in [2.05, 4.69) is 10.6 Å². The van der Waals surface area contributed by atoms with Crippen LogP contribution < -0.4 is 22.1 Å². The maximum absolute atomic E-state index is 11.8. The molecule has 0 unspecified atom stereocenters.